The van der Waals surface area contributed by atoms with Gasteiger partial charge in [0.2, 0.25) is 0 Å². The highest BCUT2D eigenvalue weighted by Crippen LogP contribution is 2.13. The summed E-state index contributed by atoms with van der Waals surface area (Å²) in [6.07, 6.45) is 0.662. The maximum absolute atomic E-state index is 12.1. The monoisotopic (exact) mass is 381 g/mol. The molecule has 0 spiro atoms. The summed E-state index contributed by atoms with van der Waals surface area (Å²) in [5.74, 6) is -0.336. The lowest BCUT2D eigenvalue weighted by Gasteiger charge is -2.07. The minimum atomic E-state index is -3.39. The van der Waals surface area contributed by atoms with Gasteiger partial charge in [0, 0.05) is 24.2 Å². The summed E-state index contributed by atoms with van der Waals surface area (Å²) in [6.45, 7) is 0.598. The average Bonchev–Trinajstić information content (AvgIpc) is 2.60. The second kappa shape index (κ2) is 8.99. The fourth-order valence-electron chi connectivity index (χ4n) is 2.24. The summed E-state index contributed by atoms with van der Waals surface area (Å²) in [7, 11) is -1.94. The minimum absolute atomic E-state index is 0.0886. The van der Waals surface area contributed by atoms with E-state index in [0.717, 1.165) is 5.56 Å². The molecule has 25 heavy (non-hydrogen) atoms. The summed E-state index contributed by atoms with van der Waals surface area (Å²) in [5, 5.41) is 3.47. The molecule has 0 fully saturated rings. The Labute approximate surface area is 152 Å². The standard InChI is InChI=1S/C18H20ClNO4S/c1-24-11-12-25(22,23)17-7-5-15(6-8-17)18(21)20-10-9-14-3-2-4-16(19)13-14/h2-8,13H,9-12H2,1H3,(H,20,21). The van der Waals surface area contributed by atoms with Gasteiger partial charge in [0.05, 0.1) is 17.3 Å². The van der Waals surface area contributed by atoms with Gasteiger partial charge < -0.3 is 10.1 Å². The molecule has 0 aliphatic heterocycles. The molecule has 0 saturated carbocycles. The van der Waals surface area contributed by atoms with Crippen LogP contribution in [-0.4, -0.2) is 40.3 Å². The number of carbonyl (C=O) groups excluding carboxylic acids is 1. The number of benzene rings is 2. The van der Waals surface area contributed by atoms with Gasteiger partial charge in [-0.2, -0.15) is 0 Å². The number of nitrogens with one attached hydrogen (secondary N) is 1. The number of rotatable bonds is 8. The fraction of sp³-hybridized carbons (Fsp3) is 0.278. The first-order valence-corrected chi connectivity index (χ1v) is 9.80. The third-order valence-electron chi connectivity index (χ3n) is 3.62. The summed E-state index contributed by atoms with van der Waals surface area (Å²) in [5.41, 5.74) is 1.45. The van der Waals surface area contributed by atoms with Gasteiger partial charge in [-0.3, -0.25) is 4.79 Å². The lowest BCUT2D eigenvalue weighted by atomic mass is 10.1. The van der Waals surface area contributed by atoms with Crippen molar-refractivity contribution in [2.45, 2.75) is 11.3 Å². The van der Waals surface area contributed by atoms with Crippen molar-refractivity contribution in [1.82, 2.24) is 5.32 Å². The topological polar surface area (TPSA) is 72.5 Å². The molecule has 0 aliphatic carbocycles. The van der Waals surface area contributed by atoms with Crippen molar-refractivity contribution >= 4 is 27.3 Å². The first kappa shape index (κ1) is 19.4. The Morgan fingerprint density at radius 3 is 2.52 bits per heavy atom. The SMILES string of the molecule is COCCS(=O)(=O)c1ccc(C(=O)NCCc2cccc(Cl)c2)cc1. The van der Waals surface area contributed by atoms with Crippen molar-refractivity contribution in [3.8, 4) is 0 Å². The molecule has 0 bridgehead atoms. The minimum Gasteiger partial charge on any atom is -0.384 e. The van der Waals surface area contributed by atoms with Crippen LogP contribution in [0.1, 0.15) is 15.9 Å². The molecule has 0 radical (unpaired) electrons. The van der Waals surface area contributed by atoms with Crippen LogP contribution in [-0.2, 0) is 21.0 Å². The summed E-state index contributed by atoms with van der Waals surface area (Å²) in [6, 6.07) is 13.4. The van der Waals surface area contributed by atoms with Crippen LogP contribution in [0.4, 0.5) is 0 Å². The third kappa shape index (κ3) is 5.85. The van der Waals surface area contributed by atoms with Gasteiger partial charge in [0.15, 0.2) is 9.84 Å². The molecule has 134 valence electrons. The van der Waals surface area contributed by atoms with Gasteiger partial charge in [0.25, 0.3) is 5.91 Å². The number of ether oxygens (including phenoxy) is 1. The second-order valence-corrected chi connectivity index (χ2v) is 8.02. The number of halogens is 1. The molecule has 0 heterocycles. The molecule has 2 aromatic carbocycles. The van der Waals surface area contributed by atoms with Crippen LogP contribution < -0.4 is 5.32 Å². The fourth-order valence-corrected chi connectivity index (χ4v) is 3.62. The quantitative estimate of drug-likeness (QED) is 0.763. The Balaban J connectivity index is 1.92. The van der Waals surface area contributed by atoms with E-state index in [1.54, 1.807) is 6.07 Å². The number of hydrogen-bond donors (Lipinski definition) is 1. The molecule has 0 atom stereocenters. The zero-order chi connectivity index (χ0) is 18.3. The van der Waals surface area contributed by atoms with E-state index in [0.29, 0.717) is 23.6 Å². The first-order chi connectivity index (χ1) is 11.9. The Kier molecular flexibility index (Phi) is 6.99. The first-order valence-electron chi connectivity index (χ1n) is 7.77. The van der Waals surface area contributed by atoms with E-state index in [2.05, 4.69) is 5.32 Å². The summed E-state index contributed by atoms with van der Waals surface area (Å²) < 4.78 is 28.9. The van der Waals surface area contributed by atoms with Crippen molar-refractivity contribution in [3.63, 3.8) is 0 Å². The molecule has 0 aliphatic rings. The van der Waals surface area contributed by atoms with Crippen LogP contribution in [0.25, 0.3) is 0 Å². The van der Waals surface area contributed by atoms with Gasteiger partial charge in [-0.15, -0.1) is 0 Å². The van der Waals surface area contributed by atoms with Crippen molar-refractivity contribution in [2.75, 3.05) is 26.0 Å². The van der Waals surface area contributed by atoms with Gasteiger partial charge in [0.1, 0.15) is 0 Å². The van der Waals surface area contributed by atoms with Crippen LogP contribution >= 0.6 is 11.6 Å². The van der Waals surface area contributed by atoms with Gasteiger partial charge >= 0.3 is 0 Å². The number of methoxy groups -OCH3 is 1. The molecule has 7 heteroatoms. The highest BCUT2D eigenvalue weighted by Gasteiger charge is 2.15. The molecule has 1 amide bonds. The zero-order valence-corrected chi connectivity index (χ0v) is 15.4. The van der Waals surface area contributed by atoms with Crippen LogP contribution in [0.15, 0.2) is 53.4 Å². The summed E-state index contributed by atoms with van der Waals surface area (Å²) in [4.78, 5) is 12.3. The smallest absolute Gasteiger partial charge is 0.251 e. The normalized spacial score (nSPS) is 11.3. The van der Waals surface area contributed by atoms with Gasteiger partial charge in [-0.25, -0.2) is 8.42 Å². The molecule has 2 aromatic rings. The Bertz CT molecular complexity index is 819. The van der Waals surface area contributed by atoms with Crippen LogP contribution in [0.3, 0.4) is 0 Å². The highest BCUT2D eigenvalue weighted by atomic mass is 35.5. The molecule has 1 N–H and O–H groups in total. The Morgan fingerprint density at radius 1 is 1.16 bits per heavy atom. The predicted octanol–water partition coefficient (Wildman–Crippen LogP) is 2.73. The maximum Gasteiger partial charge on any atom is 0.251 e. The lowest BCUT2D eigenvalue weighted by molar-refractivity contribution is 0.0954. The van der Waals surface area contributed by atoms with Crippen molar-refractivity contribution in [2.24, 2.45) is 0 Å². The Morgan fingerprint density at radius 2 is 1.88 bits per heavy atom. The van der Waals surface area contributed by atoms with E-state index in [1.807, 2.05) is 18.2 Å². The number of sulfone groups is 1. The lowest BCUT2D eigenvalue weighted by Crippen LogP contribution is -2.25. The van der Waals surface area contributed by atoms with E-state index >= 15 is 0 Å². The van der Waals surface area contributed by atoms with E-state index < -0.39 is 9.84 Å². The van der Waals surface area contributed by atoms with Crippen LogP contribution in [0.5, 0.6) is 0 Å². The third-order valence-corrected chi connectivity index (χ3v) is 5.55. The van der Waals surface area contributed by atoms with Crippen LogP contribution in [0.2, 0.25) is 5.02 Å². The zero-order valence-electron chi connectivity index (χ0n) is 13.9. The molecule has 0 aromatic heterocycles. The molecular formula is C18H20ClNO4S. The molecule has 5 nitrogen and oxygen atoms in total. The Hall–Kier alpha value is -1.89. The number of hydrogen-bond acceptors (Lipinski definition) is 4. The van der Waals surface area contributed by atoms with E-state index in [9.17, 15) is 13.2 Å². The predicted molar refractivity (Wildman–Crippen MR) is 97.9 cm³/mol. The van der Waals surface area contributed by atoms with Crippen LogP contribution in [0, 0.1) is 0 Å². The average molecular weight is 382 g/mol. The molecule has 0 unspecified atom stereocenters. The molecule has 2 rings (SSSR count). The number of amides is 1. The maximum atomic E-state index is 12.1. The van der Waals surface area contributed by atoms with E-state index in [1.165, 1.54) is 31.4 Å². The van der Waals surface area contributed by atoms with Gasteiger partial charge in [-0.05, 0) is 48.4 Å². The van der Waals surface area contributed by atoms with Crippen molar-refractivity contribution in [3.05, 3.63) is 64.7 Å². The van der Waals surface area contributed by atoms with Crippen molar-refractivity contribution < 1.29 is 17.9 Å². The molecular weight excluding hydrogens is 362 g/mol. The van der Waals surface area contributed by atoms with Gasteiger partial charge in [-0.1, -0.05) is 23.7 Å². The van der Waals surface area contributed by atoms with E-state index in [-0.39, 0.29) is 23.2 Å². The summed E-state index contributed by atoms with van der Waals surface area (Å²) >= 11 is 5.92. The highest BCUT2D eigenvalue weighted by molar-refractivity contribution is 7.91. The largest absolute Gasteiger partial charge is 0.384 e. The van der Waals surface area contributed by atoms with E-state index in [4.69, 9.17) is 16.3 Å². The molecule has 0 saturated heterocycles. The number of carbonyl (C=O) groups is 1. The second-order valence-electron chi connectivity index (χ2n) is 5.47. The van der Waals surface area contributed by atoms with Crippen molar-refractivity contribution in [1.29, 1.82) is 0 Å².